The van der Waals surface area contributed by atoms with Crippen LogP contribution in [0.25, 0.3) is 0 Å². The van der Waals surface area contributed by atoms with E-state index in [1.807, 2.05) is 6.92 Å². The van der Waals surface area contributed by atoms with Crippen molar-refractivity contribution in [3.8, 4) is 0 Å². The Morgan fingerprint density at radius 3 is 2.50 bits per heavy atom. The van der Waals surface area contributed by atoms with E-state index < -0.39 is 0 Å². The second kappa shape index (κ2) is 7.07. The highest BCUT2D eigenvalue weighted by molar-refractivity contribution is 5.87. The molecule has 0 aromatic carbocycles. The Bertz CT molecular complexity index is 353. The molecule has 1 aliphatic carbocycles. The third kappa shape index (κ3) is 3.51. The third-order valence-corrected chi connectivity index (χ3v) is 4.47. The smallest absolute Gasteiger partial charge is 0.328 e. The summed E-state index contributed by atoms with van der Waals surface area (Å²) >= 11 is 0. The second-order valence-corrected chi connectivity index (χ2v) is 5.94. The topological polar surface area (TPSA) is 58.6 Å². The van der Waals surface area contributed by atoms with E-state index >= 15 is 0 Å². The summed E-state index contributed by atoms with van der Waals surface area (Å²) in [4.78, 5) is 25.9. The highest BCUT2D eigenvalue weighted by Gasteiger charge is 2.36. The number of methoxy groups -OCH3 is 1. The number of hydrogen-bond donors (Lipinski definition) is 1. The number of likely N-dealkylation sites (tertiary alicyclic amines) is 1. The predicted octanol–water partition coefficient (Wildman–Crippen LogP) is 1.46. The molecule has 1 amide bonds. The maximum atomic E-state index is 12.5. The van der Waals surface area contributed by atoms with Crippen molar-refractivity contribution in [1.82, 2.24) is 10.2 Å². The van der Waals surface area contributed by atoms with Crippen molar-refractivity contribution in [3.05, 3.63) is 0 Å². The normalized spacial score (nSPS) is 25.5. The summed E-state index contributed by atoms with van der Waals surface area (Å²) < 4.78 is 4.79. The van der Waals surface area contributed by atoms with Crippen molar-refractivity contribution in [2.24, 2.45) is 0 Å². The molecule has 1 heterocycles. The first kappa shape index (κ1) is 15.3. The van der Waals surface area contributed by atoms with Gasteiger partial charge in [0, 0.05) is 12.6 Å². The van der Waals surface area contributed by atoms with E-state index in [4.69, 9.17) is 4.74 Å². The van der Waals surface area contributed by atoms with Crippen molar-refractivity contribution < 1.29 is 14.3 Å². The van der Waals surface area contributed by atoms with E-state index in [1.54, 1.807) is 4.90 Å². The van der Waals surface area contributed by atoms with E-state index in [1.165, 1.54) is 26.4 Å². The highest BCUT2D eigenvalue weighted by Crippen LogP contribution is 2.21. The quantitative estimate of drug-likeness (QED) is 0.793. The van der Waals surface area contributed by atoms with Crippen LogP contribution in [0, 0.1) is 0 Å². The van der Waals surface area contributed by atoms with E-state index in [0.29, 0.717) is 19.0 Å². The molecule has 0 aromatic rings. The van der Waals surface area contributed by atoms with Gasteiger partial charge in [-0.3, -0.25) is 4.79 Å². The average molecular weight is 282 g/mol. The van der Waals surface area contributed by atoms with Crippen LogP contribution in [0.2, 0.25) is 0 Å². The fourth-order valence-corrected chi connectivity index (χ4v) is 3.35. The zero-order chi connectivity index (χ0) is 14.5. The van der Waals surface area contributed by atoms with Gasteiger partial charge in [-0.1, -0.05) is 19.3 Å². The molecule has 2 rings (SSSR count). The molecule has 5 nitrogen and oxygen atoms in total. The van der Waals surface area contributed by atoms with Crippen LogP contribution in [-0.2, 0) is 14.3 Å². The molecule has 114 valence electrons. The zero-order valence-corrected chi connectivity index (χ0v) is 12.6. The Hall–Kier alpha value is -1.10. The number of carbonyl (C=O) groups excluding carboxylic acids is 2. The number of ether oxygens (including phenoxy) is 1. The largest absolute Gasteiger partial charge is 0.467 e. The second-order valence-electron chi connectivity index (χ2n) is 5.94. The number of carbonyl (C=O) groups is 2. The lowest BCUT2D eigenvalue weighted by Crippen LogP contribution is -2.51. The molecule has 0 unspecified atom stereocenters. The summed E-state index contributed by atoms with van der Waals surface area (Å²) in [6.07, 6.45) is 7.68. The van der Waals surface area contributed by atoms with Gasteiger partial charge in [0.1, 0.15) is 6.04 Å². The number of amides is 1. The SMILES string of the molecule is COC(=O)[C@@H]1CCCN1C(=O)[C@@H](C)NC1CCCCC1. The van der Waals surface area contributed by atoms with E-state index in [2.05, 4.69) is 5.32 Å². The van der Waals surface area contributed by atoms with Crippen molar-refractivity contribution in [3.63, 3.8) is 0 Å². The van der Waals surface area contributed by atoms with Crippen LogP contribution in [-0.4, -0.2) is 48.6 Å². The summed E-state index contributed by atoms with van der Waals surface area (Å²) in [7, 11) is 1.38. The third-order valence-electron chi connectivity index (χ3n) is 4.47. The molecule has 1 saturated heterocycles. The Morgan fingerprint density at radius 2 is 1.85 bits per heavy atom. The molecule has 2 aliphatic rings. The summed E-state index contributed by atoms with van der Waals surface area (Å²) in [6.45, 7) is 2.57. The number of nitrogens with zero attached hydrogens (tertiary/aromatic N) is 1. The first-order chi connectivity index (χ1) is 9.63. The minimum absolute atomic E-state index is 0.0310. The number of nitrogens with one attached hydrogen (secondary N) is 1. The molecule has 1 N–H and O–H groups in total. The van der Waals surface area contributed by atoms with Gasteiger partial charge in [0.05, 0.1) is 13.2 Å². The van der Waals surface area contributed by atoms with Crippen LogP contribution in [0.1, 0.15) is 51.9 Å². The lowest BCUT2D eigenvalue weighted by Gasteiger charge is -2.30. The van der Waals surface area contributed by atoms with Gasteiger partial charge in [-0.2, -0.15) is 0 Å². The van der Waals surface area contributed by atoms with Crippen LogP contribution in [0.3, 0.4) is 0 Å². The number of esters is 1. The van der Waals surface area contributed by atoms with Crippen LogP contribution in [0.4, 0.5) is 0 Å². The minimum atomic E-state index is -0.386. The molecule has 0 radical (unpaired) electrons. The van der Waals surface area contributed by atoms with Crippen LogP contribution in [0.15, 0.2) is 0 Å². The van der Waals surface area contributed by atoms with E-state index in [9.17, 15) is 9.59 Å². The Kier molecular flexibility index (Phi) is 5.40. The highest BCUT2D eigenvalue weighted by atomic mass is 16.5. The van der Waals surface area contributed by atoms with E-state index in [0.717, 1.165) is 19.3 Å². The standard InChI is InChI=1S/C15H26N2O3/c1-11(16-12-7-4-3-5-8-12)14(18)17-10-6-9-13(17)15(19)20-2/h11-13,16H,3-10H2,1-2H3/t11-,13+/m1/s1. The van der Waals surface area contributed by atoms with Crippen LogP contribution < -0.4 is 5.32 Å². The molecule has 2 atom stereocenters. The number of rotatable bonds is 4. The van der Waals surface area contributed by atoms with Gasteiger partial charge in [0.15, 0.2) is 0 Å². The van der Waals surface area contributed by atoms with E-state index in [-0.39, 0.29) is 24.0 Å². The molecule has 1 aliphatic heterocycles. The van der Waals surface area contributed by atoms with Gasteiger partial charge < -0.3 is 15.0 Å². The first-order valence-corrected chi connectivity index (χ1v) is 7.78. The maximum absolute atomic E-state index is 12.5. The fraction of sp³-hybridized carbons (Fsp3) is 0.867. The van der Waals surface area contributed by atoms with Crippen LogP contribution >= 0.6 is 0 Å². The van der Waals surface area contributed by atoms with Crippen molar-refractivity contribution >= 4 is 11.9 Å². The Morgan fingerprint density at radius 1 is 1.15 bits per heavy atom. The molecule has 0 spiro atoms. The zero-order valence-electron chi connectivity index (χ0n) is 12.6. The van der Waals surface area contributed by atoms with Gasteiger partial charge in [-0.15, -0.1) is 0 Å². The molecule has 2 fully saturated rings. The molecule has 0 bridgehead atoms. The average Bonchev–Trinajstić information content (AvgIpc) is 2.96. The molecular weight excluding hydrogens is 256 g/mol. The molecular formula is C15H26N2O3. The predicted molar refractivity (Wildman–Crippen MR) is 76.2 cm³/mol. The molecule has 0 aromatic heterocycles. The summed E-state index contributed by atoms with van der Waals surface area (Å²) in [5.41, 5.74) is 0. The van der Waals surface area contributed by atoms with Crippen molar-refractivity contribution in [1.29, 1.82) is 0 Å². The summed E-state index contributed by atoms with van der Waals surface area (Å²) in [6, 6.07) is -0.159. The fourth-order valence-electron chi connectivity index (χ4n) is 3.35. The lowest BCUT2D eigenvalue weighted by molar-refractivity contribution is -0.151. The van der Waals surface area contributed by atoms with Gasteiger partial charge in [0.25, 0.3) is 0 Å². The monoisotopic (exact) mass is 282 g/mol. The van der Waals surface area contributed by atoms with Gasteiger partial charge >= 0.3 is 5.97 Å². The van der Waals surface area contributed by atoms with Gasteiger partial charge in [0.2, 0.25) is 5.91 Å². The summed E-state index contributed by atoms with van der Waals surface area (Å²) in [5, 5.41) is 3.43. The maximum Gasteiger partial charge on any atom is 0.328 e. The number of hydrogen-bond acceptors (Lipinski definition) is 4. The van der Waals surface area contributed by atoms with Gasteiger partial charge in [-0.05, 0) is 32.6 Å². The molecule has 20 heavy (non-hydrogen) atoms. The lowest BCUT2D eigenvalue weighted by atomic mass is 9.95. The van der Waals surface area contributed by atoms with Crippen LogP contribution in [0.5, 0.6) is 0 Å². The van der Waals surface area contributed by atoms with Gasteiger partial charge in [-0.25, -0.2) is 4.79 Å². The Balaban J connectivity index is 1.90. The van der Waals surface area contributed by atoms with Crippen molar-refractivity contribution in [2.75, 3.05) is 13.7 Å². The molecule has 5 heteroatoms. The Labute approximate surface area is 121 Å². The molecule has 1 saturated carbocycles. The summed E-state index contributed by atoms with van der Waals surface area (Å²) in [5.74, 6) is -0.260. The first-order valence-electron chi connectivity index (χ1n) is 7.78. The minimum Gasteiger partial charge on any atom is -0.467 e. The van der Waals surface area contributed by atoms with Crippen molar-refractivity contribution in [2.45, 2.75) is 70.0 Å².